The van der Waals surface area contributed by atoms with Gasteiger partial charge in [0.05, 0.1) is 6.16 Å². The molecular formula is C21H20Br2P+. The number of hydrogen-bond donors (Lipinski definition) is 0. The van der Waals surface area contributed by atoms with Crippen LogP contribution in [-0.4, -0.2) is 6.16 Å². The molecule has 0 atom stereocenters. The number of halogens is 2. The maximum absolute atomic E-state index is 3.46. The summed E-state index contributed by atoms with van der Waals surface area (Å²) in [7, 11) is -1.69. The zero-order chi connectivity index (χ0) is 16.0. The third-order valence-electron chi connectivity index (χ3n) is 4.06. The molecule has 3 aromatic rings. The Kier molecular flexibility index (Phi) is 7.42. The van der Waals surface area contributed by atoms with Gasteiger partial charge >= 0.3 is 0 Å². The fourth-order valence-corrected chi connectivity index (χ4v) is 7.48. The largest absolute Gasteiger partial charge is 0.115 e. The van der Waals surface area contributed by atoms with Crippen molar-refractivity contribution in [1.82, 2.24) is 0 Å². The average Bonchev–Trinajstić information content (AvgIpc) is 2.65. The van der Waals surface area contributed by atoms with E-state index in [9.17, 15) is 0 Å². The molecule has 24 heavy (non-hydrogen) atoms. The second kappa shape index (κ2) is 9.32. The minimum atomic E-state index is -1.69. The molecule has 0 fully saturated rings. The third kappa shape index (κ3) is 3.88. The Labute approximate surface area is 163 Å². The molecule has 0 saturated carbocycles. The van der Waals surface area contributed by atoms with Crippen LogP contribution in [0.2, 0.25) is 0 Å². The summed E-state index contributed by atoms with van der Waals surface area (Å²) in [6.07, 6.45) is 3.25. The quantitative estimate of drug-likeness (QED) is 0.441. The first-order valence-corrected chi connectivity index (χ1v) is 10.6. The maximum atomic E-state index is 3.46. The first-order chi connectivity index (χ1) is 11.4. The lowest BCUT2D eigenvalue weighted by molar-refractivity contribution is 1.66. The lowest BCUT2D eigenvalue weighted by Crippen LogP contribution is -2.32. The van der Waals surface area contributed by atoms with Crippen LogP contribution in [0.15, 0.2) is 102 Å². The van der Waals surface area contributed by atoms with E-state index in [-0.39, 0.29) is 17.0 Å². The maximum Gasteiger partial charge on any atom is 0.115 e. The van der Waals surface area contributed by atoms with Crippen LogP contribution in [0.5, 0.6) is 0 Å². The van der Waals surface area contributed by atoms with E-state index in [0.29, 0.717) is 0 Å². The van der Waals surface area contributed by atoms with Crippen LogP contribution in [0.25, 0.3) is 0 Å². The molecule has 0 amide bonds. The van der Waals surface area contributed by atoms with Gasteiger partial charge in [-0.1, -0.05) is 70.5 Å². The lowest BCUT2D eigenvalue weighted by Gasteiger charge is -2.26. The SMILES string of the molecule is Br.Br/C=C/C[P+](c1ccccc1)(c1ccccc1)c1ccccc1. The van der Waals surface area contributed by atoms with Gasteiger partial charge in [-0.3, -0.25) is 0 Å². The average molecular weight is 463 g/mol. The summed E-state index contributed by atoms with van der Waals surface area (Å²) >= 11 is 3.46. The van der Waals surface area contributed by atoms with Crippen LogP contribution in [0, 0.1) is 0 Å². The zero-order valence-electron chi connectivity index (χ0n) is 13.3. The summed E-state index contributed by atoms with van der Waals surface area (Å²) in [5.74, 6) is 0. The van der Waals surface area contributed by atoms with Crippen molar-refractivity contribution in [3.05, 3.63) is 102 Å². The van der Waals surface area contributed by atoms with E-state index >= 15 is 0 Å². The molecule has 0 spiro atoms. The van der Waals surface area contributed by atoms with E-state index in [4.69, 9.17) is 0 Å². The van der Waals surface area contributed by atoms with Crippen molar-refractivity contribution < 1.29 is 0 Å². The molecule has 0 aliphatic rings. The zero-order valence-corrected chi connectivity index (χ0v) is 17.4. The van der Waals surface area contributed by atoms with Crippen LogP contribution in [0.3, 0.4) is 0 Å². The van der Waals surface area contributed by atoms with E-state index in [1.165, 1.54) is 15.9 Å². The van der Waals surface area contributed by atoms with E-state index in [1.807, 2.05) is 4.99 Å². The highest BCUT2D eigenvalue weighted by Crippen LogP contribution is 2.55. The standard InChI is InChI=1S/C21H19BrP.BrH/c22-17-10-18-23(19-11-4-1-5-12-19,20-13-6-2-7-14-20)21-15-8-3-9-16-21;/h1-17H,18H2;1H/q+1;/b17-10+;. The number of benzene rings is 3. The highest BCUT2D eigenvalue weighted by atomic mass is 79.9. The first kappa shape index (κ1) is 19.1. The second-order valence-corrected chi connectivity index (χ2v) is 9.42. The van der Waals surface area contributed by atoms with Crippen molar-refractivity contribution >= 4 is 56.1 Å². The first-order valence-electron chi connectivity index (χ1n) is 7.68. The number of rotatable bonds is 5. The van der Waals surface area contributed by atoms with Gasteiger partial charge in [0, 0.05) is 0 Å². The molecule has 0 aliphatic heterocycles. The van der Waals surface area contributed by atoms with Crippen molar-refractivity contribution in [3.8, 4) is 0 Å². The highest BCUT2D eigenvalue weighted by Gasteiger charge is 2.43. The van der Waals surface area contributed by atoms with Crippen molar-refractivity contribution in [1.29, 1.82) is 0 Å². The molecule has 0 radical (unpaired) electrons. The molecule has 0 aromatic heterocycles. The summed E-state index contributed by atoms with van der Waals surface area (Å²) < 4.78 is 0. The van der Waals surface area contributed by atoms with Gasteiger partial charge in [0.2, 0.25) is 0 Å². The van der Waals surface area contributed by atoms with Crippen LogP contribution >= 0.6 is 40.2 Å². The van der Waals surface area contributed by atoms with Gasteiger partial charge in [-0.15, -0.1) is 17.0 Å². The number of allylic oxidation sites excluding steroid dienone is 1. The van der Waals surface area contributed by atoms with Crippen molar-refractivity contribution in [2.45, 2.75) is 0 Å². The molecule has 122 valence electrons. The molecule has 0 saturated heterocycles. The summed E-state index contributed by atoms with van der Waals surface area (Å²) in [4.78, 5) is 1.98. The molecule has 0 aliphatic carbocycles. The Bertz CT molecular complexity index is 659. The number of hydrogen-bond acceptors (Lipinski definition) is 0. The third-order valence-corrected chi connectivity index (χ3v) is 8.73. The molecule has 0 N–H and O–H groups in total. The van der Waals surface area contributed by atoms with Gasteiger partial charge in [-0.05, 0) is 47.5 Å². The predicted molar refractivity (Wildman–Crippen MR) is 118 cm³/mol. The molecule has 0 bridgehead atoms. The van der Waals surface area contributed by atoms with Crippen LogP contribution in [-0.2, 0) is 0 Å². The van der Waals surface area contributed by atoms with E-state index in [2.05, 4.69) is 113 Å². The summed E-state index contributed by atoms with van der Waals surface area (Å²) in [6.45, 7) is 0. The van der Waals surface area contributed by atoms with Crippen LogP contribution in [0.1, 0.15) is 0 Å². The topological polar surface area (TPSA) is 0 Å². The summed E-state index contributed by atoms with van der Waals surface area (Å²) in [6, 6.07) is 32.8. The Hall–Kier alpha value is -1.21. The van der Waals surface area contributed by atoms with Gasteiger partial charge in [0.15, 0.2) is 0 Å². The molecule has 3 heteroatoms. The monoisotopic (exact) mass is 461 g/mol. The predicted octanol–water partition coefficient (Wildman–Crippen LogP) is 5.47. The molecule has 3 rings (SSSR count). The highest BCUT2D eigenvalue weighted by molar-refractivity contribution is 9.11. The van der Waals surface area contributed by atoms with Gasteiger partial charge in [-0.2, -0.15) is 0 Å². The van der Waals surface area contributed by atoms with Gasteiger partial charge in [0.25, 0.3) is 0 Å². The molecule has 0 heterocycles. The fraction of sp³-hybridized carbons (Fsp3) is 0.0476. The molecular weight excluding hydrogens is 443 g/mol. The molecule has 0 unspecified atom stereocenters. The minimum absolute atomic E-state index is 0. The van der Waals surface area contributed by atoms with E-state index in [1.54, 1.807) is 0 Å². The van der Waals surface area contributed by atoms with E-state index in [0.717, 1.165) is 6.16 Å². The van der Waals surface area contributed by atoms with Gasteiger partial charge in [0.1, 0.15) is 23.2 Å². The van der Waals surface area contributed by atoms with Gasteiger partial charge < -0.3 is 0 Å². The summed E-state index contributed by atoms with van der Waals surface area (Å²) in [5.41, 5.74) is 0. The molecule has 0 nitrogen and oxygen atoms in total. The smallest absolute Gasteiger partial charge is 0.114 e. The van der Waals surface area contributed by atoms with Gasteiger partial charge in [-0.25, -0.2) is 0 Å². The normalized spacial score (nSPS) is 11.2. The molecule has 3 aromatic carbocycles. The minimum Gasteiger partial charge on any atom is -0.114 e. The van der Waals surface area contributed by atoms with Crippen LogP contribution in [0.4, 0.5) is 0 Å². The Morgan fingerprint density at radius 3 is 1.25 bits per heavy atom. The summed E-state index contributed by atoms with van der Waals surface area (Å²) in [5, 5.41) is 4.26. The van der Waals surface area contributed by atoms with Crippen molar-refractivity contribution in [2.24, 2.45) is 0 Å². The lowest BCUT2D eigenvalue weighted by atomic mass is 10.4. The Morgan fingerprint density at radius 1 is 0.625 bits per heavy atom. The van der Waals surface area contributed by atoms with Crippen LogP contribution < -0.4 is 15.9 Å². The fourth-order valence-electron chi connectivity index (χ4n) is 3.01. The van der Waals surface area contributed by atoms with Crippen molar-refractivity contribution in [3.63, 3.8) is 0 Å². The second-order valence-electron chi connectivity index (χ2n) is 5.36. The Balaban J connectivity index is 0.00000208. The van der Waals surface area contributed by atoms with Crippen molar-refractivity contribution in [2.75, 3.05) is 6.16 Å². The Morgan fingerprint density at radius 2 is 0.958 bits per heavy atom. The van der Waals surface area contributed by atoms with E-state index < -0.39 is 7.26 Å².